The van der Waals surface area contributed by atoms with Crippen LogP contribution >= 0.6 is 0 Å². The van der Waals surface area contributed by atoms with Crippen LogP contribution in [-0.2, 0) is 7.05 Å². The highest BCUT2D eigenvalue weighted by molar-refractivity contribution is 5.97. The standard InChI is InChI=1S/C19H19N3O5/c1-11(20-18(23)14-5-4-10-22(14)2)17-15(19(24)25)16(21-27-17)12-6-8-13(26-3)9-7-12/h4-11H,1-3H3,(H,20,23)(H,24,25)/t11-/m1/s1. The highest BCUT2D eigenvalue weighted by Gasteiger charge is 2.28. The number of methoxy groups -OCH3 is 1. The number of rotatable bonds is 6. The molecular formula is C19H19N3O5. The summed E-state index contributed by atoms with van der Waals surface area (Å²) in [5.41, 5.74) is 1.14. The van der Waals surface area contributed by atoms with Crippen molar-refractivity contribution in [1.82, 2.24) is 15.0 Å². The van der Waals surface area contributed by atoms with Gasteiger partial charge in [0.25, 0.3) is 5.91 Å². The van der Waals surface area contributed by atoms with E-state index in [9.17, 15) is 14.7 Å². The van der Waals surface area contributed by atoms with Crippen LogP contribution in [-0.4, -0.2) is 33.8 Å². The van der Waals surface area contributed by atoms with Crippen molar-refractivity contribution in [2.24, 2.45) is 7.05 Å². The summed E-state index contributed by atoms with van der Waals surface area (Å²) >= 11 is 0. The summed E-state index contributed by atoms with van der Waals surface area (Å²) in [6.45, 7) is 1.64. The predicted octanol–water partition coefficient (Wildman–Crippen LogP) is 2.88. The third kappa shape index (κ3) is 3.55. The van der Waals surface area contributed by atoms with Crippen molar-refractivity contribution in [2.75, 3.05) is 7.11 Å². The number of benzene rings is 1. The summed E-state index contributed by atoms with van der Waals surface area (Å²) in [6, 6.07) is 9.53. The van der Waals surface area contributed by atoms with Crippen molar-refractivity contribution < 1.29 is 24.0 Å². The number of carboxylic acids is 1. The third-order valence-corrected chi connectivity index (χ3v) is 4.21. The second-order valence-electron chi connectivity index (χ2n) is 6.00. The molecule has 8 heteroatoms. The maximum atomic E-state index is 12.4. The summed E-state index contributed by atoms with van der Waals surface area (Å²) in [4.78, 5) is 24.2. The maximum Gasteiger partial charge on any atom is 0.341 e. The van der Waals surface area contributed by atoms with E-state index in [0.717, 1.165) is 0 Å². The second kappa shape index (κ2) is 7.36. The zero-order valence-electron chi connectivity index (χ0n) is 15.1. The number of hydrogen-bond acceptors (Lipinski definition) is 5. The number of hydrogen-bond donors (Lipinski definition) is 2. The molecule has 3 rings (SSSR count). The minimum atomic E-state index is -1.18. The lowest BCUT2D eigenvalue weighted by molar-refractivity contribution is 0.0692. The maximum absolute atomic E-state index is 12.4. The minimum absolute atomic E-state index is 0.0795. The summed E-state index contributed by atoms with van der Waals surface area (Å²) in [5.74, 6) is -0.802. The molecule has 0 aliphatic heterocycles. The van der Waals surface area contributed by atoms with E-state index < -0.39 is 12.0 Å². The largest absolute Gasteiger partial charge is 0.497 e. The number of amides is 1. The Balaban J connectivity index is 1.91. The molecule has 2 N–H and O–H groups in total. The van der Waals surface area contributed by atoms with Crippen LogP contribution in [0, 0.1) is 0 Å². The number of carbonyl (C=O) groups is 2. The summed E-state index contributed by atoms with van der Waals surface area (Å²) in [6.07, 6.45) is 1.75. The van der Waals surface area contributed by atoms with Crippen LogP contribution in [0.1, 0.15) is 39.6 Å². The average Bonchev–Trinajstić information content (AvgIpc) is 3.28. The van der Waals surface area contributed by atoms with Gasteiger partial charge in [-0.15, -0.1) is 0 Å². The highest BCUT2D eigenvalue weighted by Crippen LogP contribution is 2.30. The molecule has 0 saturated heterocycles. The number of nitrogens with one attached hydrogen (secondary N) is 1. The van der Waals surface area contributed by atoms with Crippen LogP contribution in [0.3, 0.4) is 0 Å². The van der Waals surface area contributed by atoms with Crippen LogP contribution < -0.4 is 10.1 Å². The zero-order chi connectivity index (χ0) is 19.6. The SMILES string of the molecule is COc1ccc(-c2noc([C@@H](C)NC(=O)c3cccn3C)c2C(=O)O)cc1. The molecule has 0 spiro atoms. The molecule has 2 aromatic heterocycles. The van der Waals surface area contributed by atoms with E-state index in [4.69, 9.17) is 9.26 Å². The number of aromatic nitrogens is 2. The predicted molar refractivity (Wildman–Crippen MR) is 96.7 cm³/mol. The van der Waals surface area contributed by atoms with Crippen molar-refractivity contribution in [3.63, 3.8) is 0 Å². The van der Waals surface area contributed by atoms with Crippen LogP contribution in [0.4, 0.5) is 0 Å². The van der Waals surface area contributed by atoms with E-state index in [2.05, 4.69) is 10.5 Å². The lowest BCUT2D eigenvalue weighted by Crippen LogP contribution is -2.28. The Morgan fingerprint density at radius 3 is 2.52 bits per heavy atom. The molecule has 27 heavy (non-hydrogen) atoms. The molecule has 0 saturated carbocycles. The Bertz CT molecular complexity index is 972. The number of ether oxygens (including phenoxy) is 1. The number of nitrogens with zero attached hydrogens (tertiary/aromatic N) is 2. The third-order valence-electron chi connectivity index (χ3n) is 4.21. The van der Waals surface area contributed by atoms with Crippen molar-refractivity contribution in [3.8, 4) is 17.0 Å². The first-order chi connectivity index (χ1) is 12.9. The molecule has 1 atom stereocenters. The zero-order valence-corrected chi connectivity index (χ0v) is 15.1. The highest BCUT2D eigenvalue weighted by atomic mass is 16.5. The molecule has 1 aromatic carbocycles. The molecule has 3 aromatic rings. The lowest BCUT2D eigenvalue weighted by atomic mass is 10.0. The van der Waals surface area contributed by atoms with E-state index in [1.54, 1.807) is 68.2 Å². The fourth-order valence-corrected chi connectivity index (χ4v) is 2.78. The normalized spacial score (nSPS) is 11.8. The number of carbonyl (C=O) groups excluding carboxylic acids is 1. The van der Waals surface area contributed by atoms with Crippen LogP contribution in [0.5, 0.6) is 5.75 Å². The van der Waals surface area contributed by atoms with Gasteiger partial charge in [-0.2, -0.15) is 0 Å². The van der Waals surface area contributed by atoms with Gasteiger partial charge < -0.3 is 24.3 Å². The van der Waals surface area contributed by atoms with Gasteiger partial charge >= 0.3 is 5.97 Å². The van der Waals surface area contributed by atoms with Crippen LogP contribution in [0.25, 0.3) is 11.3 Å². The summed E-state index contributed by atoms with van der Waals surface area (Å²) < 4.78 is 12.1. The van der Waals surface area contributed by atoms with Gasteiger partial charge in [0.1, 0.15) is 22.7 Å². The Kier molecular flexibility index (Phi) is 4.98. The van der Waals surface area contributed by atoms with E-state index in [1.807, 2.05) is 0 Å². The minimum Gasteiger partial charge on any atom is -0.497 e. The van der Waals surface area contributed by atoms with Gasteiger partial charge in [-0.05, 0) is 43.3 Å². The van der Waals surface area contributed by atoms with Crippen molar-refractivity contribution >= 4 is 11.9 Å². The molecule has 0 aliphatic rings. The van der Waals surface area contributed by atoms with E-state index >= 15 is 0 Å². The fourth-order valence-electron chi connectivity index (χ4n) is 2.78. The van der Waals surface area contributed by atoms with Crippen molar-refractivity contribution in [1.29, 1.82) is 0 Å². The Morgan fingerprint density at radius 1 is 1.26 bits per heavy atom. The fraction of sp³-hybridized carbons (Fsp3) is 0.211. The van der Waals surface area contributed by atoms with Gasteiger partial charge in [0, 0.05) is 18.8 Å². The number of aryl methyl sites for hydroxylation is 1. The molecule has 8 nitrogen and oxygen atoms in total. The molecule has 140 valence electrons. The number of aromatic carboxylic acids is 1. The first-order valence-corrected chi connectivity index (χ1v) is 8.21. The first-order valence-electron chi connectivity index (χ1n) is 8.21. The van der Waals surface area contributed by atoms with Crippen LogP contribution in [0.2, 0.25) is 0 Å². The lowest BCUT2D eigenvalue weighted by Gasteiger charge is -2.12. The molecule has 2 heterocycles. The quantitative estimate of drug-likeness (QED) is 0.692. The molecule has 0 fully saturated rings. The topological polar surface area (TPSA) is 107 Å². The monoisotopic (exact) mass is 369 g/mol. The van der Waals surface area contributed by atoms with Gasteiger partial charge in [0.15, 0.2) is 5.76 Å². The Hall–Kier alpha value is -3.55. The molecular weight excluding hydrogens is 350 g/mol. The summed E-state index contributed by atoms with van der Waals surface area (Å²) in [5, 5.41) is 16.3. The van der Waals surface area contributed by atoms with Gasteiger partial charge in [0.05, 0.1) is 13.2 Å². The summed E-state index contributed by atoms with van der Waals surface area (Å²) in [7, 11) is 3.29. The van der Waals surface area contributed by atoms with Crippen LogP contribution in [0.15, 0.2) is 47.1 Å². The van der Waals surface area contributed by atoms with E-state index in [0.29, 0.717) is 17.0 Å². The second-order valence-corrected chi connectivity index (χ2v) is 6.00. The van der Waals surface area contributed by atoms with Gasteiger partial charge in [0.2, 0.25) is 0 Å². The van der Waals surface area contributed by atoms with Gasteiger partial charge in [-0.1, -0.05) is 5.16 Å². The Morgan fingerprint density at radius 2 is 1.96 bits per heavy atom. The Labute approximate surface area is 155 Å². The molecule has 0 aliphatic carbocycles. The average molecular weight is 369 g/mol. The first kappa shape index (κ1) is 18.2. The molecule has 0 unspecified atom stereocenters. The van der Waals surface area contributed by atoms with Crippen molar-refractivity contribution in [3.05, 3.63) is 59.6 Å². The van der Waals surface area contributed by atoms with Crippen molar-refractivity contribution in [2.45, 2.75) is 13.0 Å². The van der Waals surface area contributed by atoms with E-state index in [-0.39, 0.29) is 22.9 Å². The molecule has 1 amide bonds. The number of carboxylic acid groups (broad SMARTS) is 1. The van der Waals surface area contributed by atoms with Gasteiger partial charge in [-0.25, -0.2) is 4.79 Å². The smallest absolute Gasteiger partial charge is 0.341 e. The molecule has 0 bridgehead atoms. The van der Waals surface area contributed by atoms with Gasteiger partial charge in [-0.3, -0.25) is 4.79 Å². The molecule has 0 radical (unpaired) electrons. The van der Waals surface area contributed by atoms with E-state index in [1.165, 1.54) is 0 Å².